The van der Waals surface area contributed by atoms with E-state index in [1.807, 2.05) is 42.5 Å². The van der Waals surface area contributed by atoms with E-state index in [2.05, 4.69) is 18.7 Å². The van der Waals surface area contributed by atoms with Crippen molar-refractivity contribution in [3.8, 4) is 0 Å². The number of nitrogens with zero attached hydrogens (tertiary/aromatic N) is 2. The minimum absolute atomic E-state index is 0.121. The van der Waals surface area contributed by atoms with Crippen molar-refractivity contribution in [1.29, 1.82) is 0 Å². The molecular formula is C23H24N2O3. The summed E-state index contributed by atoms with van der Waals surface area (Å²) in [5.74, 6) is -0.0315. The Kier molecular flexibility index (Phi) is 5.01. The lowest BCUT2D eigenvalue weighted by Gasteiger charge is -2.28. The van der Waals surface area contributed by atoms with Crippen LogP contribution in [0.1, 0.15) is 41.6 Å². The molecule has 1 amide bonds. The van der Waals surface area contributed by atoms with Crippen LogP contribution in [-0.4, -0.2) is 41.9 Å². The van der Waals surface area contributed by atoms with E-state index in [1.54, 1.807) is 17.0 Å². The molecular weight excluding hydrogens is 352 g/mol. The number of amides is 1. The average molecular weight is 376 g/mol. The highest BCUT2D eigenvalue weighted by Crippen LogP contribution is 2.37. The van der Waals surface area contributed by atoms with Gasteiger partial charge in [-0.25, -0.2) is 0 Å². The van der Waals surface area contributed by atoms with E-state index in [1.165, 1.54) is 0 Å². The molecule has 0 spiro atoms. The highest BCUT2D eigenvalue weighted by atomic mass is 16.3. The van der Waals surface area contributed by atoms with Gasteiger partial charge in [0.1, 0.15) is 5.58 Å². The molecule has 0 aliphatic carbocycles. The van der Waals surface area contributed by atoms with Crippen molar-refractivity contribution in [2.75, 3.05) is 26.2 Å². The third-order valence-electron chi connectivity index (χ3n) is 5.54. The minimum atomic E-state index is -0.417. The van der Waals surface area contributed by atoms with Crippen LogP contribution in [0.2, 0.25) is 0 Å². The van der Waals surface area contributed by atoms with Crippen LogP contribution in [-0.2, 0) is 0 Å². The van der Waals surface area contributed by atoms with Gasteiger partial charge in [0.2, 0.25) is 5.76 Å². The van der Waals surface area contributed by atoms with Crippen molar-refractivity contribution in [2.24, 2.45) is 0 Å². The minimum Gasteiger partial charge on any atom is -0.450 e. The number of likely N-dealkylation sites (N-methyl/N-ethyl adjacent to an activating group) is 1. The maximum Gasteiger partial charge on any atom is 0.290 e. The molecule has 0 saturated heterocycles. The predicted octanol–water partition coefficient (Wildman–Crippen LogP) is 3.68. The van der Waals surface area contributed by atoms with Gasteiger partial charge in [0.05, 0.1) is 17.0 Å². The summed E-state index contributed by atoms with van der Waals surface area (Å²) in [5, 5.41) is 0.514. The summed E-state index contributed by atoms with van der Waals surface area (Å²) in [6, 6.07) is 16.4. The van der Waals surface area contributed by atoms with Crippen LogP contribution < -0.4 is 5.43 Å². The van der Waals surface area contributed by atoms with Gasteiger partial charge in [-0.1, -0.05) is 56.3 Å². The molecule has 28 heavy (non-hydrogen) atoms. The van der Waals surface area contributed by atoms with Crippen LogP contribution in [0.4, 0.5) is 0 Å². The second kappa shape index (κ2) is 7.60. The Labute approximate surface area is 164 Å². The lowest BCUT2D eigenvalue weighted by molar-refractivity contribution is 0.0708. The van der Waals surface area contributed by atoms with Crippen molar-refractivity contribution < 1.29 is 9.21 Å². The average Bonchev–Trinajstić information content (AvgIpc) is 3.02. The van der Waals surface area contributed by atoms with E-state index in [9.17, 15) is 9.59 Å². The maximum atomic E-state index is 13.3. The molecule has 3 aromatic rings. The van der Waals surface area contributed by atoms with Crippen LogP contribution >= 0.6 is 0 Å². The van der Waals surface area contributed by atoms with Gasteiger partial charge in [0.15, 0.2) is 5.43 Å². The van der Waals surface area contributed by atoms with E-state index in [-0.39, 0.29) is 17.1 Å². The first-order valence-corrected chi connectivity index (χ1v) is 9.79. The molecule has 0 radical (unpaired) electrons. The fourth-order valence-electron chi connectivity index (χ4n) is 3.97. The smallest absolute Gasteiger partial charge is 0.290 e. The number of para-hydroxylation sites is 1. The molecule has 0 unspecified atom stereocenters. The highest BCUT2D eigenvalue weighted by molar-refractivity contribution is 5.99. The van der Waals surface area contributed by atoms with Crippen LogP contribution in [0.3, 0.4) is 0 Å². The Morgan fingerprint density at radius 3 is 2.36 bits per heavy atom. The van der Waals surface area contributed by atoms with Crippen molar-refractivity contribution in [1.82, 2.24) is 9.80 Å². The van der Waals surface area contributed by atoms with Crippen molar-refractivity contribution in [2.45, 2.75) is 19.9 Å². The summed E-state index contributed by atoms with van der Waals surface area (Å²) in [6.07, 6.45) is 0. The molecule has 1 atom stereocenters. The van der Waals surface area contributed by atoms with Crippen LogP contribution in [0.25, 0.3) is 11.0 Å². The fraction of sp³-hybridized carbons (Fsp3) is 0.304. The Morgan fingerprint density at radius 2 is 1.64 bits per heavy atom. The maximum absolute atomic E-state index is 13.3. The van der Waals surface area contributed by atoms with E-state index < -0.39 is 6.04 Å². The highest BCUT2D eigenvalue weighted by Gasteiger charge is 2.42. The summed E-state index contributed by atoms with van der Waals surface area (Å²) in [7, 11) is 0. The van der Waals surface area contributed by atoms with Gasteiger partial charge in [0.25, 0.3) is 5.91 Å². The second-order valence-electron chi connectivity index (χ2n) is 7.01. The zero-order chi connectivity index (χ0) is 19.7. The third-order valence-corrected chi connectivity index (χ3v) is 5.54. The number of fused-ring (bicyclic) bond motifs is 2. The molecule has 0 bridgehead atoms. The first kappa shape index (κ1) is 18.4. The Balaban J connectivity index is 1.85. The molecule has 0 fully saturated rings. The van der Waals surface area contributed by atoms with Crippen molar-refractivity contribution in [3.05, 3.63) is 81.7 Å². The Morgan fingerprint density at radius 1 is 0.964 bits per heavy atom. The number of carbonyl (C=O) groups is 1. The molecule has 0 saturated carbocycles. The molecule has 144 valence electrons. The Bertz CT molecular complexity index is 1050. The lowest BCUT2D eigenvalue weighted by Crippen LogP contribution is -2.37. The van der Waals surface area contributed by atoms with Gasteiger partial charge in [-0.2, -0.15) is 0 Å². The molecule has 5 heteroatoms. The normalized spacial score (nSPS) is 16.2. The van der Waals surface area contributed by atoms with Gasteiger partial charge < -0.3 is 14.2 Å². The van der Waals surface area contributed by atoms with Crippen molar-refractivity contribution in [3.63, 3.8) is 0 Å². The van der Waals surface area contributed by atoms with Crippen LogP contribution in [0.5, 0.6) is 0 Å². The number of hydrogen-bond acceptors (Lipinski definition) is 4. The van der Waals surface area contributed by atoms with Gasteiger partial charge in [0, 0.05) is 13.1 Å². The monoisotopic (exact) mass is 376 g/mol. The van der Waals surface area contributed by atoms with E-state index in [4.69, 9.17) is 4.42 Å². The van der Waals surface area contributed by atoms with Crippen molar-refractivity contribution >= 4 is 16.9 Å². The summed E-state index contributed by atoms with van der Waals surface area (Å²) in [6.45, 7) is 7.35. The first-order chi connectivity index (χ1) is 13.7. The summed E-state index contributed by atoms with van der Waals surface area (Å²) >= 11 is 0. The zero-order valence-corrected chi connectivity index (χ0v) is 16.2. The van der Waals surface area contributed by atoms with E-state index in [0.29, 0.717) is 23.1 Å². The molecule has 1 aliphatic rings. The predicted molar refractivity (Wildman–Crippen MR) is 110 cm³/mol. The molecule has 1 aromatic heterocycles. The summed E-state index contributed by atoms with van der Waals surface area (Å²) in [5.41, 5.74) is 1.72. The largest absolute Gasteiger partial charge is 0.450 e. The standard InChI is InChI=1S/C23H24N2O3/c1-3-24(4-2)14-15-25-20(16-10-6-5-7-11-16)19-21(26)17-12-8-9-13-18(17)28-22(19)23(25)27/h5-13,20H,3-4,14-15H2,1-2H3/t20-/m1/s1. The number of rotatable bonds is 6. The fourth-order valence-corrected chi connectivity index (χ4v) is 3.97. The quantitative estimate of drug-likeness (QED) is 0.659. The summed E-state index contributed by atoms with van der Waals surface area (Å²) in [4.78, 5) is 30.6. The zero-order valence-electron chi connectivity index (χ0n) is 16.2. The topological polar surface area (TPSA) is 53.8 Å². The molecule has 5 nitrogen and oxygen atoms in total. The molecule has 0 N–H and O–H groups in total. The first-order valence-electron chi connectivity index (χ1n) is 9.79. The van der Waals surface area contributed by atoms with Gasteiger partial charge in [-0.15, -0.1) is 0 Å². The SMILES string of the molecule is CCN(CC)CCN1C(=O)c2oc3ccccc3c(=O)c2[C@H]1c1ccccc1. The van der Waals surface area contributed by atoms with Crippen LogP contribution in [0, 0.1) is 0 Å². The van der Waals surface area contributed by atoms with Gasteiger partial charge in [-0.3, -0.25) is 9.59 Å². The molecule has 2 heterocycles. The third kappa shape index (κ3) is 3.02. The van der Waals surface area contributed by atoms with Crippen LogP contribution in [0.15, 0.2) is 63.8 Å². The molecule has 1 aliphatic heterocycles. The van der Waals surface area contributed by atoms with Gasteiger partial charge >= 0.3 is 0 Å². The Hall–Kier alpha value is -2.92. The lowest BCUT2D eigenvalue weighted by atomic mass is 9.98. The summed E-state index contributed by atoms with van der Waals surface area (Å²) < 4.78 is 5.93. The molecule has 4 rings (SSSR count). The van der Waals surface area contributed by atoms with Gasteiger partial charge in [-0.05, 0) is 30.8 Å². The van der Waals surface area contributed by atoms with E-state index >= 15 is 0 Å². The second-order valence-corrected chi connectivity index (χ2v) is 7.01. The number of hydrogen-bond donors (Lipinski definition) is 0. The van der Waals surface area contributed by atoms with E-state index in [0.717, 1.165) is 25.2 Å². The molecule has 2 aromatic carbocycles. The number of carbonyl (C=O) groups excluding carboxylic acids is 1. The number of benzene rings is 2.